The van der Waals surface area contributed by atoms with Gasteiger partial charge >= 0.3 is 6.18 Å². The number of piperidine rings is 1. The molecule has 1 aliphatic rings. The zero-order chi connectivity index (χ0) is 21.2. The van der Waals surface area contributed by atoms with E-state index in [2.05, 4.69) is 10.6 Å². The normalized spacial score (nSPS) is 18.1. The molecule has 1 heterocycles. The lowest BCUT2D eigenvalue weighted by Gasteiger charge is -2.27. The maximum atomic E-state index is 13.0. The van der Waals surface area contributed by atoms with E-state index in [1.165, 1.54) is 6.07 Å². The second-order valence-electron chi connectivity index (χ2n) is 6.85. The second-order valence-corrected chi connectivity index (χ2v) is 9.14. The Morgan fingerprint density at radius 3 is 2.50 bits per heavy atom. The number of aliphatic hydroxyl groups is 1. The van der Waals surface area contributed by atoms with Crippen LogP contribution >= 0.6 is 0 Å². The summed E-state index contributed by atoms with van der Waals surface area (Å²) in [6, 6.07) is 3.94. The summed E-state index contributed by atoms with van der Waals surface area (Å²) in [6.45, 7) is 2.00. The number of carbonyl (C=O) groups is 1. The molecule has 1 amide bonds. The molecule has 1 fully saturated rings. The Hall–Kier alpha value is -2.16. The van der Waals surface area contributed by atoms with Gasteiger partial charge in [-0.25, -0.2) is 8.42 Å². The summed E-state index contributed by atoms with van der Waals surface area (Å²) >= 11 is 0. The van der Waals surface area contributed by atoms with Crippen molar-refractivity contribution in [1.29, 1.82) is 5.26 Å². The van der Waals surface area contributed by atoms with Gasteiger partial charge in [-0.1, -0.05) is 0 Å². The number of nitrogens with zero attached hydrogens (tertiary/aromatic N) is 1. The topological polar surface area (TPSA) is 119 Å². The van der Waals surface area contributed by atoms with Crippen molar-refractivity contribution in [1.82, 2.24) is 5.32 Å². The number of benzene rings is 1. The fourth-order valence-corrected chi connectivity index (χ4v) is 5.05. The number of hydrogen-bond acceptors (Lipinski definition) is 6. The molecule has 1 unspecified atom stereocenters. The minimum Gasteiger partial charge on any atom is -0.379 e. The number of halogens is 3. The van der Waals surface area contributed by atoms with Gasteiger partial charge in [-0.2, -0.15) is 18.4 Å². The first-order valence-corrected chi connectivity index (χ1v) is 10.2. The fourth-order valence-electron chi connectivity index (χ4n) is 2.95. The van der Waals surface area contributed by atoms with E-state index < -0.39 is 49.7 Å². The number of sulfone groups is 1. The van der Waals surface area contributed by atoms with Crippen molar-refractivity contribution in [3.63, 3.8) is 0 Å². The van der Waals surface area contributed by atoms with Crippen LogP contribution in [0.4, 0.5) is 18.9 Å². The number of hydrogen-bond donors (Lipinski definition) is 3. The Kier molecular flexibility index (Phi) is 6.37. The van der Waals surface area contributed by atoms with Gasteiger partial charge in [0.1, 0.15) is 0 Å². The van der Waals surface area contributed by atoms with E-state index in [9.17, 15) is 31.5 Å². The van der Waals surface area contributed by atoms with E-state index in [1.54, 1.807) is 0 Å². The third-order valence-corrected chi connectivity index (χ3v) is 6.92. The van der Waals surface area contributed by atoms with Gasteiger partial charge in [0, 0.05) is 5.69 Å². The van der Waals surface area contributed by atoms with E-state index in [0.29, 0.717) is 32.0 Å². The molecule has 0 spiro atoms. The summed E-state index contributed by atoms with van der Waals surface area (Å²) in [6.07, 6.45) is -4.11. The Labute approximate surface area is 160 Å². The van der Waals surface area contributed by atoms with Gasteiger partial charge in [0.15, 0.2) is 15.4 Å². The average Bonchev–Trinajstić information content (AvgIpc) is 2.61. The molecule has 1 aliphatic heterocycles. The molecule has 154 valence electrons. The van der Waals surface area contributed by atoms with E-state index in [1.807, 2.05) is 0 Å². The SMILES string of the molecule is CC(O)(CS(=O)(=O)C1CCNCC1)C(=O)Nc1ccc(C#N)c(C(F)(F)F)c1. The zero-order valence-electron chi connectivity index (χ0n) is 15.0. The number of amides is 1. The minimum absolute atomic E-state index is 0.309. The summed E-state index contributed by atoms with van der Waals surface area (Å²) < 4.78 is 64.0. The highest BCUT2D eigenvalue weighted by Crippen LogP contribution is 2.33. The van der Waals surface area contributed by atoms with Crippen LogP contribution in [0.5, 0.6) is 0 Å². The predicted octanol–water partition coefficient (Wildman–Crippen LogP) is 1.43. The van der Waals surface area contributed by atoms with E-state index >= 15 is 0 Å². The fraction of sp³-hybridized carbons (Fsp3) is 0.529. The highest BCUT2D eigenvalue weighted by atomic mass is 32.2. The summed E-state index contributed by atoms with van der Waals surface area (Å²) in [5.41, 5.74) is -4.51. The highest BCUT2D eigenvalue weighted by molar-refractivity contribution is 7.92. The lowest BCUT2D eigenvalue weighted by molar-refractivity contribution is -0.137. The van der Waals surface area contributed by atoms with Crippen LogP contribution in [0.25, 0.3) is 0 Å². The first-order valence-electron chi connectivity index (χ1n) is 8.44. The highest BCUT2D eigenvalue weighted by Gasteiger charge is 2.40. The number of nitriles is 1. The van der Waals surface area contributed by atoms with Gasteiger partial charge in [0.05, 0.1) is 28.2 Å². The van der Waals surface area contributed by atoms with Crippen LogP contribution in [-0.4, -0.2) is 49.1 Å². The van der Waals surface area contributed by atoms with Crippen molar-refractivity contribution in [2.24, 2.45) is 0 Å². The molecular formula is C17H20F3N3O4S. The monoisotopic (exact) mass is 419 g/mol. The lowest BCUT2D eigenvalue weighted by atomic mass is 10.1. The molecular weight excluding hydrogens is 399 g/mol. The van der Waals surface area contributed by atoms with Crippen LogP contribution in [0, 0.1) is 11.3 Å². The van der Waals surface area contributed by atoms with Gasteiger partial charge in [0.2, 0.25) is 0 Å². The first kappa shape index (κ1) is 22.1. The molecule has 0 bridgehead atoms. The van der Waals surface area contributed by atoms with E-state index in [-0.39, 0.29) is 5.69 Å². The number of alkyl halides is 3. The quantitative estimate of drug-likeness (QED) is 0.664. The van der Waals surface area contributed by atoms with Gasteiger partial charge in [-0.3, -0.25) is 4.79 Å². The molecule has 2 rings (SSSR count). The van der Waals surface area contributed by atoms with Crippen molar-refractivity contribution < 1.29 is 31.5 Å². The third-order valence-electron chi connectivity index (χ3n) is 4.47. The maximum Gasteiger partial charge on any atom is 0.417 e. The molecule has 1 aromatic carbocycles. The van der Waals surface area contributed by atoms with Gasteiger partial charge in [-0.05, 0) is 51.1 Å². The van der Waals surface area contributed by atoms with Crippen molar-refractivity contribution in [2.75, 3.05) is 24.2 Å². The van der Waals surface area contributed by atoms with Crippen molar-refractivity contribution in [2.45, 2.75) is 36.8 Å². The standard InChI is InChI=1S/C17H20F3N3O4S/c1-16(25,10-28(26,27)13-4-6-22-7-5-13)15(24)23-12-3-2-11(9-21)14(8-12)17(18,19)20/h2-3,8,13,22,25H,4-7,10H2,1H3,(H,23,24). The molecule has 28 heavy (non-hydrogen) atoms. The first-order chi connectivity index (χ1) is 12.9. The van der Waals surface area contributed by atoms with Crippen LogP contribution in [0.2, 0.25) is 0 Å². The third kappa shape index (κ3) is 5.21. The Balaban J connectivity index is 2.18. The predicted molar refractivity (Wildman–Crippen MR) is 95.1 cm³/mol. The second kappa shape index (κ2) is 8.06. The molecule has 1 saturated heterocycles. The number of carbonyl (C=O) groups excluding carboxylic acids is 1. The average molecular weight is 419 g/mol. The van der Waals surface area contributed by atoms with Gasteiger partial charge < -0.3 is 15.7 Å². The Morgan fingerprint density at radius 1 is 1.36 bits per heavy atom. The molecule has 0 aliphatic carbocycles. The van der Waals surface area contributed by atoms with E-state index in [0.717, 1.165) is 19.1 Å². The molecule has 0 aromatic heterocycles. The molecule has 7 nitrogen and oxygen atoms in total. The summed E-state index contributed by atoms with van der Waals surface area (Å²) in [5.74, 6) is -2.00. The van der Waals surface area contributed by atoms with Crippen molar-refractivity contribution in [3.05, 3.63) is 29.3 Å². The molecule has 11 heteroatoms. The van der Waals surface area contributed by atoms with Crippen LogP contribution in [0.1, 0.15) is 30.9 Å². The smallest absolute Gasteiger partial charge is 0.379 e. The number of nitrogens with one attached hydrogen (secondary N) is 2. The van der Waals surface area contributed by atoms with Crippen molar-refractivity contribution in [3.8, 4) is 6.07 Å². The Morgan fingerprint density at radius 2 is 1.96 bits per heavy atom. The van der Waals surface area contributed by atoms with Gasteiger partial charge in [0.25, 0.3) is 5.91 Å². The molecule has 0 saturated carbocycles. The molecule has 1 atom stereocenters. The lowest BCUT2D eigenvalue weighted by Crippen LogP contribution is -2.49. The van der Waals surface area contributed by atoms with E-state index in [4.69, 9.17) is 5.26 Å². The summed E-state index contributed by atoms with van der Waals surface area (Å²) in [7, 11) is -3.79. The number of rotatable bonds is 5. The minimum atomic E-state index is -4.81. The molecule has 3 N–H and O–H groups in total. The molecule has 0 radical (unpaired) electrons. The van der Waals surface area contributed by atoms with Gasteiger partial charge in [-0.15, -0.1) is 0 Å². The largest absolute Gasteiger partial charge is 0.417 e. The van der Waals surface area contributed by atoms with Crippen LogP contribution in [0.3, 0.4) is 0 Å². The summed E-state index contributed by atoms with van der Waals surface area (Å²) in [5, 5.41) is 23.6. The summed E-state index contributed by atoms with van der Waals surface area (Å²) in [4.78, 5) is 12.3. The maximum absolute atomic E-state index is 13.0. The number of anilines is 1. The van der Waals surface area contributed by atoms with Crippen LogP contribution in [0.15, 0.2) is 18.2 Å². The Bertz CT molecular complexity index is 886. The van der Waals surface area contributed by atoms with Crippen LogP contribution < -0.4 is 10.6 Å². The van der Waals surface area contributed by atoms with Crippen molar-refractivity contribution >= 4 is 21.4 Å². The zero-order valence-corrected chi connectivity index (χ0v) is 15.8. The molecule has 1 aromatic rings. The van der Waals surface area contributed by atoms with Crippen LogP contribution in [-0.2, 0) is 20.8 Å².